The number of halogens is 1. The van der Waals surface area contributed by atoms with E-state index in [4.69, 9.17) is 16.3 Å². The maximum atomic E-state index is 6.16. The molecule has 0 aromatic heterocycles. The standard InChI is InChI=1S/C18H20ClN3O/c1-20-18(21-11-14-7-2-4-8-16(14)19)22-12-15-10-13-6-3-5-9-17(13)23-15/h2-9,15H,10-12H2,1H3,(H2,20,21,22). The van der Waals surface area contributed by atoms with Crippen LogP contribution in [0.3, 0.4) is 0 Å². The number of para-hydroxylation sites is 1. The first-order valence-electron chi connectivity index (χ1n) is 7.69. The normalized spacial score (nSPS) is 16.6. The highest BCUT2D eigenvalue weighted by atomic mass is 35.5. The van der Waals surface area contributed by atoms with E-state index in [-0.39, 0.29) is 6.10 Å². The molecule has 0 radical (unpaired) electrons. The molecule has 0 spiro atoms. The second kappa shape index (κ2) is 7.38. The maximum Gasteiger partial charge on any atom is 0.191 e. The van der Waals surface area contributed by atoms with Crippen molar-refractivity contribution in [2.45, 2.75) is 19.1 Å². The van der Waals surface area contributed by atoms with Crippen molar-refractivity contribution >= 4 is 17.6 Å². The van der Waals surface area contributed by atoms with Crippen LogP contribution in [0.5, 0.6) is 5.75 Å². The molecule has 2 aromatic carbocycles. The molecule has 0 fully saturated rings. The molecule has 0 bridgehead atoms. The molecule has 1 heterocycles. The summed E-state index contributed by atoms with van der Waals surface area (Å²) in [6.07, 6.45) is 1.05. The van der Waals surface area contributed by atoms with Gasteiger partial charge in [-0.25, -0.2) is 0 Å². The van der Waals surface area contributed by atoms with Crippen LogP contribution in [-0.2, 0) is 13.0 Å². The number of fused-ring (bicyclic) bond motifs is 1. The summed E-state index contributed by atoms with van der Waals surface area (Å²) in [7, 11) is 1.76. The van der Waals surface area contributed by atoms with Crippen LogP contribution in [0.1, 0.15) is 11.1 Å². The summed E-state index contributed by atoms with van der Waals surface area (Å²) in [5, 5.41) is 7.33. The molecule has 0 saturated carbocycles. The van der Waals surface area contributed by atoms with Crippen LogP contribution >= 0.6 is 11.6 Å². The summed E-state index contributed by atoms with van der Waals surface area (Å²) < 4.78 is 5.92. The Bertz CT molecular complexity index is 677. The molecule has 2 N–H and O–H groups in total. The molecule has 23 heavy (non-hydrogen) atoms. The van der Waals surface area contributed by atoms with E-state index >= 15 is 0 Å². The van der Waals surface area contributed by atoms with Crippen LogP contribution in [0, 0.1) is 0 Å². The van der Waals surface area contributed by atoms with Gasteiger partial charge in [-0.05, 0) is 23.3 Å². The Morgan fingerprint density at radius 1 is 1.17 bits per heavy atom. The van der Waals surface area contributed by atoms with Crippen molar-refractivity contribution in [2.75, 3.05) is 13.6 Å². The molecule has 1 atom stereocenters. The molecule has 1 aliphatic rings. The minimum Gasteiger partial charge on any atom is -0.488 e. The monoisotopic (exact) mass is 329 g/mol. The molecule has 1 unspecified atom stereocenters. The molecule has 0 saturated heterocycles. The quantitative estimate of drug-likeness (QED) is 0.669. The fourth-order valence-corrected chi connectivity index (χ4v) is 2.82. The van der Waals surface area contributed by atoms with E-state index in [9.17, 15) is 0 Å². The summed E-state index contributed by atoms with van der Waals surface area (Å²) >= 11 is 6.16. The highest BCUT2D eigenvalue weighted by Crippen LogP contribution is 2.27. The molecule has 5 heteroatoms. The molecule has 120 valence electrons. The maximum absolute atomic E-state index is 6.16. The number of ether oxygens (including phenoxy) is 1. The van der Waals surface area contributed by atoms with Gasteiger partial charge in [0, 0.05) is 25.0 Å². The third-order valence-electron chi connectivity index (χ3n) is 3.84. The van der Waals surface area contributed by atoms with E-state index in [1.807, 2.05) is 42.5 Å². The van der Waals surface area contributed by atoms with Crippen LogP contribution in [0.15, 0.2) is 53.5 Å². The third kappa shape index (κ3) is 3.96. The van der Waals surface area contributed by atoms with Crippen LogP contribution in [-0.4, -0.2) is 25.7 Å². The van der Waals surface area contributed by atoms with Gasteiger partial charge in [0.1, 0.15) is 11.9 Å². The van der Waals surface area contributed by atoms with Crippen LogP contribution in [0.2, 0.25) is 5.02 Å². The van der Waals surface area contributed by atoms with E-state index in [2.05, 4.69) is 21.7 Å². The molecule has 1 aliphatic heterocycles. The lowest BCUT2D eigenvalue weighted by atomic mass is 10.1. The van der Waals surface area contributed by atoms with Gasteiger partial charge in [0.25, 0.3) is 0 Å². The van der Waals surface area contributed by atoms with Crippen molar-refractivity contribution < 1.29 is 4.74 Å². The molecule has 4 nitrogen and oxygen atoms in total. The van der Waals surface area contributed by atoms with Crippen molar-refractivity contribution in [2.24, 2.45) is 4.99 Å². The average molecular weight is 330 g/mol. The van der Waals surface area contributed by atoms with Crippen LogP contribution < -0.4 is 15.4 Å². The van der Waals surface area contributed by atoms with E-state index in [0.29, 0.717) is 13.1 Å². The average Bonchev–Trinajstić information content (AvgIpc) is 2.99. The fraction of sp³-hybridized carbons (Fsp3) is 0.278. The lowest BCUT2D eigenvalue weighted by Gasteiger charge is -2.16. The Morgan fingerprint density at radius 3 is 2.74 bits per heavy atom. The highest BCUT2D eigenvalue weighted by molar-refractivity contribution is 6.31. The minimum absolute atomic E-state index is 0.131. The number of rotatable bonds is 4. The number of guanidine groups is 1. The van der Waals surface area contributed by atoms with Gasteiger partial charge in [0.05, 0.1) is 6.54 Å². The van der Waals surface area contributed by atoms with Gasteiger partial charge in [0.2, 0.25) is 0 Å². The van der Waals surface area contributed by atoms with Crippen molar-refractivity contribution in [3.63, 3.8) is 0 Å². The third-order valence-corrected chi connectivity index (χ3v) is 4.21. The molecule has 0 aliphatic carbocycles. The Kier molecular flexibility index (Phi) is 5.03. The molecular weight excluding hydrogens is 310 g/mol. The zero-order chi connectivity index (χ0) is 16.1. The van der Waals surface area contributed by atoms with Gasteiger partial charge in [-0.2, -0.15) is 0 Å². The number of benzene rings is 2. The van der Waals surface area contributed by atoms with E-state index < -0.39 is 0 Å². The Hall–Kier alpha value is -2.20. The SMILES string of the molecule is CN=C(NCc1ccccc1Cl)NCC1Cc2ccccc2O1. The first-order chi connectivity index (χ1) is 11.3. The van der Waals surface area contributed by atoms with Gasteiger partial charge in [0.15, 0.2) is 5.96 Å². The smallest absolute Gasteiger partial charge is 0.191 e. The van der Waals surface area contributed by atoms with Crippen LogP contribution in [0.4, 0.5) is 0 Å². The van der Waals surface area contributed by atoms with E-state index in [1.165, 1.54) is 5.56 Å². The second-order valence-electron chi connectivity index (χ2n) is 5.45. The summed E-state index contributed by atoms with van der Waals surface area (Å²) in [6, 6.07) is 16.0. The first kappa shape index (κ1) is 15.7. The lowest BCUT2D eigenvalue weighted by Crippen LogP contribution is -2.41. The van der Waals surface area contributed by atoms with Crippen LogP contribution in [0.25, 0.3) is 0 Å². The van der Waals surface area contributed by atoms with Gasteiger partial charge in [-0.1, -0.05) is 48.0 Å². The number of nitrogens with zero attached hydrogens (tertiary/aromatic N) is 1. The Balaban J connectivity index is 1.49. The van der Waals surface area contributed by atoms with Gasteiger partial charge in [-0.15, -0.1) is 0 Å². The molecule has 2 aromatic rings. The predicted octanol–water partition coefficient (Wildman–Crippen LogP) is 3.01. The van der Waals surface area contributed by atoms with Crippen molar-refractivity contribution in [1.29, 1.82) is 0 Å². The molecule has 0 amide bonds. The Labute approximate surface area is 141 Å². The van der Waals surface area contributed by atoms with Gasteiger partial charge < -0.3 is 15.4 Å². The van der Waals surface area contributed by atoms with Crippen molar-refractivity contribution in [3.8, 4) is 5.75 Å². The summed E-state index contributed by atoms with van der Waals surface area (Å²) in [5.74, 6) is 1.72. The number of hydrogen-bond donors (Lipinski definition) is 2. The highest BCUT2D eigenvalue weighted by Gasteiger charge is 2.22. The van der Waals surface area contributed by atoms with E-state index in [0.717, 1.165) is 28.7 Å². The number of hydrogen-bond acceptors (Lipinski definition) is 2. The largest absolute Gasteiger partial charge is 0.488 e. The lowest BCUT2D eigenvalue weighted by molar-refractivity contribution is 0.235. The first-order valence-corrected chi connectivity index (χ1v) is 8.06. The summed E-state index contributed by atoms with van der Waals surface area (Å²) in [4.78, 5) is 4.24. The molecule has 3 rings (SSSR count). The topological polar surface area (TPSA) is 45.7 Å². The zero-order valence-electron chi connectivity index (χ0n) is 13.1. The van der Waals surface area contributed by atoms with Crippen molar-refractivity contribution in [1.82, 2.24) is 10.6 Å². The van der Waals surface area contributed by atoms with Gasteiger partial charge in [-0.3, -0.25) is 4.99 Å². The zero-order valence-corrected chi connectivity index (χ0v) is 13.8. The van der Waals surface area contributed by atoms with Crippen molar-refractivity contribution in [3.05, 3.63) is 64.7 Å². The van der Waals surface area contributed by atoms with E-state index in [1.54, 1.807) is 7.05 Å². The number of nitrogens with one attached hydrogen (secondary N) is 2. The fourth-order valence-electron chi connectivity index (χ4n) is 2.62. The Morgan fingerprint density at radius 2 is 1.96 bits per heavy atom. The summed E-state index contributed by atoms with van der Waals surface area (Å²) in [6.45, 7) is 1.34. The number of aliphatic imine (C=N–C) groups is 1. The summed E-state index contributed by atoms with van der Waals surface area (Å²) in [5.41, 5.74) is 2.31. The molecular formula is C18H20ClN3O. The minimum atomic E-state index is 0.131. The van der Waals surface area contributed by atoms with Gasteiger partial charge >= 0.3 is 0 Å². The predicted molar refractivity (Wildman–Crippen MR) is 94.2 cm³/mol. The second-order valence-corrected chi connectivity index (χ2v) is 5.86.